The van der Waals surface area contributed by atoms with Crippen LogP contribution in [0.2, 0.25) is 0 Å². The van der Waals surface area contributed by atoms with Crippen molar-refractivity contribution < 1.29 is 17.9 Å². The summed E-state index contributed by atoms with van der Waals surface area (Å²) in [6.45, 7) is 8.48. The second-order valence-corrected chi connectivity index (χ2v) is 9.04. The maximum absolute atomic E-state index is 12.1. The standard InChI is InChI=1S/C14H28N2O4S/c1-11(10-21(5,18)19)15-8-9-16(12-6-7-12)13(17)20-14(2,3)4/h11-12,15H,6-10H2,1-5H3. The highest BCUT2D eigenvalue weighted by Gasteiger charge is 2.34. The summed E-state index contributed by atoms with van der Waals surface area (Å²) in [5.74, 6) is 0.100. The van der Waals surface area contributed by atoms with Crippen molar-refractivity contribution in [3.05, 3.63) is 0 Å². The van der Waals surface area contributed by atoms with Crippen LogP contribution in [0.25, 0.3) is 0 Å². The van der Waals surface area contributed by atoms with E-state index in [1.54, 1.807) is 4.90 Å². The topological polar surface area (TPSA) is 75.7 Å². The Labute approximate surface area is 128 Å². The van der Waals surface area contributed by atoms with Gasteiger partial charge in [0.25, 0.3) is 0 Å². The van der Waals surface area contributed by atoms with E-state index >= 15 is 0 Å². The van der Waals surface area contributed by atoms with Gasteiger partial charge < -0.3 is 15.0 Å². The summed E-state index contributed by atoms with van der Waals surface area (Å²) < 4.78 is 27.8. The number of nitrogens with one attached hydrogen (secondary N) is 1. The largest absolute Gasteiger partial charge is 0.444 e. The van der Waals surface area contributed by atoms with Crippen LogP contribution in [-0.4, -0.2) is 62.2 Å². The number of hydrogen-bond donors (Lipinski definition) is 1. The lowest BCUT2D eigenvalue weighted by atomic mass is 10.2. The fourth-order valence-electron chi connectivity index (χ4n) is 2.07. The molecule has 1 atom stereocenters. The van der Waals surface area contributed by atoms with E-state index in [0.717, 1.165) is 12.8 Å². The van der Waals surface area contributed by atoms with E-state index in [2.05, 4.69) is 5.32 Å². The predicted octanol–water partition coefficient (Wildman–Crippen LogP) is 1.41. The molecular formula is C14H28N2O4S. The molecular weight excluding hydrogens is 292 g/mol. The molecule has 21 heavy (non-hydrogen) atoms. The second kappa shape index (κ2) is 6.96. The van der Waals surface area contributed by atoms with Crippen molar-refractivity contribution in [2.75, 3.05) is 25.1 Å². The van der Waals surface area contributed by atoms with Crippen LogP contribution in [-0.2, 0) is 14.6 Å². The van der Waals surface area contributed by atoms with Gasteiger partial charge in [0.05, 0.1) is 5.75 Å². The molecule has 0 spiro atoms. The number of rotatable bonds is 7. The molecule has 1 aliphatic carbocycles. The first-order valence-corrected chi connectivity index (χ1v) is 9.45. The lowest BCUT2D eigenvalue weighted by Gasteiger charge is -2.28. The van der Waals surface area contributed by atoms with Crippen molar-refractivity contribution in [2.45, 2.75) is 58.2 Å². The minimum atomic E-state index is -2.99. The van der Waals surface area contributed by atoms with Crippen molar-refractivity contribution in [1.82, 2.24) is 10.2 Å². The Morgan fingerprint density at radius 3 is 2.38 bits per heavy atom. The maximum atomic E-state index is 12.1. The Hall–Kier alpha value is -0.820. The maximum Gasteiger partial charge on any atom is 0.410 e. The predicted molar refractivity (Wildman–Crippen MR) is 83.1 cm³/mol. The van der Waals surface area contributed by atoms with Crippen molar-refractivity contribution in [1.29, 1.82) is 0 Å². The van der Waals surface area contributed by atoms with Crippen molar-refractivity contribution >= 4 is 15.9 Å². The van der Waals surface area contributed by atoms with E-state index in [4.69, 9.17) is 4.74 Å². The zero-order chi connectivity index (χ0) is 16.3. The van der Waals surface area contributed by atoms with Crippen molar-refractivity contribution in [3.63, 3.8) is 0 Å². The molecule has 0 heterocycles. The lowest BCUT2D eigenvalue weighted by Crippen LogP contribution is -2.44. The van der Waals surface area contributed by atoms with Crippen LogP contribution < -0.4 is 5.32 Å². The first-order valence-electron chi connectivity index (χ1n) is 7.38. The highest BCUT2D eigenvalue weighted by molar-refractivity contribution is 7.90. The number of hydrogen-bond acceptors (Lipinski definition) is 5. The first-order chi connectivity index (χ1) is 9.48. The molecule has 0 aromatic rings. The Bertz CT molecular complexity index is 452. The van der Waals surface area contributed by atoms with Gasteiger partial charge in [0, 0.05) is 31.4 Å². The summed E-state index contributed by atoms with van der Waals surface area (Å²) in [6.07, 6.45) is 2.96. The average Bonchev–Trinajstić information content (AvgIpc) is 3.02. The third kappa shape index (κ3) is 8.26. The van der Waals surface area contributed by atoms with E-state index in [9.17, 15) is 13.2 Å². The molecule has 1 unspecified atom stereocenters. The molecule has 1 amide bonds. The minimum Gasteiger partial charge on any atom is -0.444 e. The van der Waals surface area contributed by atoms with E-state index in [1.165, 1.54) is 6.26 Å². The fourth-order valence-corrected chi connectivity index (χ4v) is 3.10. The monoisotopic (exact) mass is 320 g/mol. The summed E-state index contributed by atoms with van der Waals surface area (Å²) in [4.78, 5) is 13.9. The molecule has 0 aliphatic heterocycles. The van der Waals surface area contributed by atoms with Crippen LogP contribution in [0.3, 0.4) is 0 Å². The van der Waals surface area contributed by atoms with Crippen LogP contribution in [0, 0.1) is 0 Å². The van der Waals surface area contributed by atoms with E-state index < -0.39 is 15.4 Å². The normalized spacial score (nSPS) is 17.4. The zero-order valence-corrected chi connectivity index (χ0v) is 14.5. The molecule has 1 N–H and O–H groups in total. The van der Waals surface area contributed by atoms with Gasteiger partial charge in [-0.15, -0.1) is 0 Å². The number of sulfone groups is 1. The van der Waals surface area contributed by atoms with E-state index in [1.807, 2.05) is 27.7 Å². The van der Waals surface area contributed by atoms with Crippen LogP contribution in [0.1, 0.15) is 40.5 Å². The van der Waals surface area contributed by atoms with Gasteiger partial charge in [0.2, 0.25) is 0 Å². The zero-order valence-electron chi connectivity index (χ0n) is 13.7. The lowest BCUT2D eigenvalue weighted by molar-refractivity contribution is 0.0235. The molecule has 1 saturated carbocycles. The van der Waals surface area contributed by atoms with Crippen LogP contribution in [0.5, 0.6) is 0 Å². The van der Waals surface area contributed by atoms with Gasteiger partial charge in [-0.1, -0.05) is 0 Å². The third-order valence-electron chi connectivity index (χ3n) is 3.01. The Morgan fingerprint density at radius 2 is 1.95 bits per heavy atom. The highest BCUT2D eigenvalue weighted by atomic mass is 32.2. The van der Waals surface area contributed by atoms with Gasteiger partial charge in [-0.3, -0.25) is 0 Å². The third-order valence-corrected chi connectivity index (χ3v) is 4.12. The molecule has 0 bridgehead atoms. The number of carbonyl (C=O) groups excluding carboxylic acids is 1. The van der Waals surface area contributed by atoms with Gasteiger partial charge in [-0.25, -0.2) is 13.2 Å². The average molecular weight is 320 g/mol. The quantitative estimate of drug-likeness (QED) is 0.767. The summed E-state index contributed by atoms with van der Waals surface area (Å²) in [6, 6.07) is 0.145. The second-order valence-electron chi connectivity index (χ2n) is 6.85. The van der Waals surface area contributed by atoms with Crippen LogP contribution >= 0.6 is 0 Å². The number of amides is 1. The van der Waals surface area contributed by atoms with E-state index in [-0.39, 0.29) is 23.9 Å². The number of nitrogens with zero attached hydrogens (tertiary/aromatic N) is 1. The van der Waals surface area contributed by atoms with Gasteiger partial charge in [-0.2, -0.15) is 0 Å². The molecule has 1 fully saturated rings. The molecule has 0 aromatic heterocycles. The summed E-state index contributed by atoms with van der Waals surface area (Å²) >= 11 is 0. The molecule has 6 nitrogen and oxygen atoms in total. The Balaban J connectivity index is 2.40. The molecule has 0 saturated heterocycles. The van der Waals surface area contributed by atoms with Gasteiger partial charge in [-0.05, 0) is 40.5 Å². The Morgan fingerprint density at radius 1 is 1.38 bits per heavy atom. The van der Waals surface area contributed by atoms with Crippen LogP contribution in [0.4, 0.5) is 4.79 Å². The molecule has 1 rings (SSSR count). The van der Waals surface area contributed by atoms with Gasteiger partial charge in [0.15, 0.2) is 0 Å². The molecule has 0 aromatic carbocycles. The van der Waals surface area contributed by atoms with Gasteiger partial charge >= 0.3 is 6.09 Å². The smallest absolute Gasteiger partial charge is 0.410 e. The summed E-state index contributed by atoms with van der Waals surface area (Å²) in [5, 5.41) is 3.14. The molecule has 124 valence electrons. The summed E-state index contributed by atoms with van der Waals surface area (Å²) in [7, 11) is -2.99. The highest BCUT2D eigenvalue weighted by Crippen LogP contribution is 2.28. The Kier molecular flexibility index (Phi) is 6.04. The SMILES string of the molecule is CC(CS(C)(=O)=O)NCCN(C(=O)OC(C)(C)C)C1CC1. The molecule has 7 heteroatoms. The van der Waals surface area contributed by atoms with Gasteiger partial charge in [0.1, 0.15) is 15.4 Å². The van der Waals surface area contributed by atoms with E-state index in [0.29, 0.717) is 13.1 Å². The van der Waals surface area contributed by atoms with Crippen molar-refractivity contribution in [3.8, 4) is 0 Å². The molecule has 0 radical (unpaired) electrons. The molecule has 1 aliphatic rings. The van der Waals surface area contributed by atoms with Crippen molar-refractivity contribution in [2.24, 2.45) is 0 Å². The number of ether oxygens (including phenoxy) is 1. The van der Waals surface area contributed by atoms with Crippen LogP contribution in [0.15, 0.2) is 0 Å². The summed E-state index contributed by atoms with van der Waals surface area (Å²) in [5.41, 5.74) is -0.499. The fraction of sp³-hybridized carbons (Fsp3) is 0.929. The number of carbonyl (C=O) groups is 1. The minimum absolute atomic E-state index is 0.100. The first kappa shape index (κ1) is 18.2.